The second-order valence-corrected chi connectivity index (χ2v) is 4.77. The van der Waals surface area contributed by atoms with E-state index in [9.17, 15) is 0 Å². The second kappa shape index (κ2) is 6.69. The highest BCUT2D eigenvalue weighted by Crippen LogP contribution is 2.03. The summed E-state index contributed by atoms with van der Waals surface area (Å²) in [6.45, 7) is 8.93. The molecule has 1 rings (SSSR count). The summed E-state index contributed by atoms with van der Waals surface area (Å²) in [5, 5.41) is 7.59. The van der Waals surface area contributed by atoms with E-state index in [0.29, 0.717) is 6.04 Å². The Kier molecular flexibility index (Phi) is 5.50. The van der Waals surface area contributed by atoms with Crippen LogP contribution in [0.15, 0.2) is 19.0 Å². The molecule has 1 aromatic rings. The van der Waals surface area contributed by atoms with Gasteiger partial charge < -0.3 is 5.32 Å². The lowest BCUT2D eigenvalue weighted by Crippen LogP contribution is -2.27. The lowest BCUT2D eigenvalue weighted by atomic mass is 10.3. The average molecular weight is 225 g/mol. The van der Waals surface area contributed by atoms with Crippen LogP contribution in [0.25, 0.3) is 6.20 Å². The van der Waals surface area contributed by atoms with Crippen LogP contribution in [0.1, 0.15) is 19.4 Å². The molecule has 1 unspecified atom stereocenters. The molecule has 0 aliphatic heterocycles. The van der Waals surface area contributed by atoms with Crippen molar-refractivity contribution in [3.8, 4) is 0 Å². The molecule has 15 heavy (non-hydrogen) atoms. The van der Waals surface area contributed by atoms with Gasteiger partial charge in [0.2, 0.25) is 0 Å². The molecule has 1 heterocycles. The highest BCUT2D eigenvalue weighted by atomic mass is 32.2. The van der Waals surface area contributed by atoms with Gasteiger partial charge in [-0.1, -0.05) is 13.5 Å². The van der Waals surface area contributed by atoms with Gasteiger partial charge >= 0.3 is 0 Å². The first-order valence-electron chi connectivity index (χ1n) is 5.23. The lowest BCUT2D eigenvalue weighted by molar-refractivity contribution is 0.596. The molecule has 3 nitrogen and oxygen atoms in total. The van der Waals surface area contributed by atoms with E-state index < -0.39 is 0 Å². The Morgan fingerprint density at radius 2 is 2.53 bits per heavy atom. The van der Waals surface area contributed by atoms with Gasteiger partial charge in [0.05, 0.1) is 6.20 Å². The van der Waals surface area contributed by atoms with E-state index >= 15 is 0 Å². The number of nitrogens with one attached hydrogen (secondary N) is 1. The van der Waals surface area contributed by atoms with Crippen molar-refractivity contribution < 1.29 is 0 Å². The number of hydrogen-bond acceptors (Lipinski definition) is 3. The summed E-state index contributed by atoms with van der Waals surface area (Å²) in [6.07, 6.45) is 5.55. The molecule has 0 amide bonds. The maximum absolute atomic E-state index is 4.13. The Morgan fingerprint density at radius 3 is 3.13 bits per heavy atom. The van der Waals surface area contributed by atoms with Crippen LogP contribution >= 0.6 is 11.8 Å². The minimum Gasteiger partial charge on any atom is -0.309 e. The Balaban J connectivity index is 2.26. The monoisotopic (exact) mass is 225 g/mol. The van der Waals surface area contributed by atoms with E-state index in [0.717, 1.165) is 12.3 Å². The van der Waals surface area contributed by atoms with E-state index in [4.69, 9.17) is 0 Å². The van der Waals surface area contributed by atoms with Crippen molar-refractivity contribution in [3.05, 3.63) is 24.5 Å². The third-order valence-electron chi connectivity index (χ3n) is 2.07. The molecule has 4 heteroatoms. The van der Waals surface area contributed by atoms with Gasteiger partial charge in [0, 0.05) is 36.3 Å². The first-order valence-corrected chi connectivity index (χ1v) is 6.38. The number of aromatic nitrogens is 2. The molecule has 1 N–H and O–H groups in total. The molecule has 0 saturated carbocycles. The molecular formula is C11H19N3S. The van der Waals surface area contributed by atoms with Crippen LogP contribution in [-0.2, 0) is 6.54 Å². The topological polar surface area (TPSA) is 29.9 Å². The molecule has 1 aromatic heterocycles. The van der Waals surface area contributed by atoms with Gasteiger partial charge in [0.1, 0.15) is 0 Å². The van der Waals surface area contributed by atoms with Crippen molar-refractivity contribution in [2.24, 2.45) is 0 Å². The summed E-state index contributed by atoms with van der Waals surface area (Å²) >= 11 is 1.96. The Labute approximate surface area is 95.9 Å². The molecule has 1 atom stereocenters. The van der Waals surface area contributed by atoms with Gasteiger partial charge in [-0.05, 0) is 12.7 Å². The first kappa shape index (κ1) is 12.3. The van der Waals surface area contributed by atoms with Crippen LogP contribution in [0.3, 0.4) is 0 Å². The first-order chi connectivity index (χ1) is 7.26. The summed E-state index contributed by atoms with van der Waals surface area (Å²) < 4.78 is 1.72. The van der Waals surface area contributed by atoms with Crippen molar-refractivity contribution in [1.29, 1.82) is 0 Å². The number of hydrogen-bond donors (Lipinski definition) is 1. The molecule has 0 aromatic carbocycles. The number of thioether (sulfide) groups is 1. The fourth-order valence-corrected chi connectivity index (χ4v) is 1.92. The Bertz CT molecular complexity index is 296. The van der Waals surface area contributed by atoms with Crippen molar-refractivity contribution in [3.63, 3.8) is 0 Å². The van der Waals surface area contributed by atoms with Crippen LogP contribution in [0, 0.1) is 0 Å². The maximum atomic E-state index is 4.13. The van der Waals surface area contributed by atoms with E-state index in [1.165, 1.54) is 11.3 Å². The van der Waals surface area contributed by atoms with Gasteiger partial charge in [0.15, 0.2) is 0 Å². The summed E-state index contributed by atoms with van der Waals surface area (Å²) in [6, 6.07) is 0.544. The van der Waals surface area contributed by atoms with E-state index in [1.54, 1.807) is 10.9 Å². The maximum Gasteiger partial charge on any atom is 0.0538 e. The SMILES string of the molecule is C=Cn1cc(CNC(C)CSCC)cn1. The Hall–Kier alpha value is -0.740. The minimum atomic E-state index is 0.544. The van der Waals surface area contributed by atoms with Crippen molar-refractivity contribution >= 4 is 18.0 Å². The summed E-state index contributed by atoms with van der Waals surface area (Å²) in [5.74, 6) is 2.34. The number of nitrogens with zero attached hydrogens (tertiary/aromatic N) is 2. The van der Waals surface area contributed by atoms with Crippen LogP contribution in [0.5, 0.6) is 0 Å². The van der Waals surface area contributed by atoms with Crippen molar-refractivity contribution in [2.45, 2.75) is 26.4 Å². The molecule has 0 bridgehead atoms. The van der Waals surface area contributed by atoms with E-state index in [2.05, 4.69) is 30.8 Å². The standard InChI is InChI=1S/C11H19N3S/c1-4-14-8-11(7-13-14)6-12-10(3)9-15-5-2/h4,7-8,10,12H,1,5-6,9H2,2-3H3. The third kappa shape index (κ3) is 4.53. The summed E-state index contributed by atoms with van der Waals surface area (Å²) in [7, 11) is 0. The summed E-state index contributed by atoms with van der Waals surface area (Å²) in [5.41, 5.74) is 1.20. The zero-order chi connectivity index (χ0) is 11.1. The minimum absolute atomic E-state index is 0.544. The third-order valence-corrected chi connectivity index (χ3v) is 3.21. The predicted octanol–water partition coefficient (Wildman–Crippen LogP) is 2.21. The lowest BCUT2D eigenvalue weighted by Gasteiger charge is -2.11. The molecule has 0 saturated heterocycles. The van der Waals surface area contributed by atoms with Gasteiger partial charge in [0.25, 0.3) is 0 Å². The molecule has 0 radical (unpaired) electrons. The quantitative estimate of drug-likeness (QED) is 0.771. The normalized spacial score (nSPS) is 12.7. The molecule has 0 spiro atoms. The predicted molar refractivity (Wildman–Crippen MR) is 67.9 cm³/mol. The van der Waals surface area contributed by atoms with Crippen LogP contribution in [-0.4, -0.2) is 27.3 Å². The van der Waals surface area contributed by atoms with Crippen LogP contribution < -0.4 is 5.32 Å². The largest absolute Gasteiger partial charge is 0.309 e. The summed E-state index contributed by atoms with van der Waals surface area (Å²) in [4.78, 5) is 0. The van der Waals surface area contributed by atoms with Gasteiger partial charge in [-0.25, -0.2) is 4.68 Å². The van der Waals surface area contributed by atoms with Crippen molar-refractivity contribution in [2.75, 3.05) is 11.5 Å². The van der Waals surface area contributed by atoms with E-state index in [1.807, 2.05) is 24.2 Å². The fraction of sp³-hybridized carbons (Fsp3) is 0.545. The zero-order valence-corrected chi connectivity index (χ0v) is 10.3. The van der Waals surface area contributed by atoms with E-state index in [-0.39, 0.29) is 0 Å². The molecule has 0 aliphatic carbocycles. The highest BCUT2D eigenvalue weighted by molar-refractivity contribution is 7.99. The fourth-order valence-electron chi connectivity index (χ4n) is 1.21. The number of rotatable bonds is 7. The molecular weight excluding hydrogens is 206 g/mol. The smallest absolute Gasteiger partial charge is 0.0538 e. The van der Waals surface area contributed by atoms with Crippen LogP contribution in [0.2, 0.25) is 0 Å². The van der Waals surface area contributed by atoms with Crippen LogP contribution in [0.4, 0.5) is 0 Å². The molecule has 0 fully saturated rings. The zero-order valence-electron chi connectivity index (χ0n) is 9.44. The van der Waals surface area contributed by atoms with Gasteiger partial charge in [-0.3, -0.25) is 0 Å². The molecule has 84 valence electrons. The van der Waals surface area contributed by atoms with Gasteiger partial charge in [-0.15, -0.1) is 0 Å². The van der Waals surface area contributed by atoms with Crippen molar-refractivity contribution in [1.82, 2.24) is 15.1 Å². The molecule has 0 aliphatic rings. The second-order valence-electron chi connectivity index (χ2n) is 3.45. The Morgan fingerprint density at radius 1 is 1.73 bits per heavy atom. The van der Waals surface area contributed by atoms with Gasteiger partial charge in [-0.2, -0.15) is 16.9 Å². The average Bonchev–Trinajstić information content (AvgIpc) is 2.71. The highest BCUT2D eigenvalue weighted by Gasteiger charge is 2.02.